The highest BCUT2D eigenvalue weighted by molar-refractivity contribution is 7.17. The minimum atomic E-state index is -0.295. The van der Waals surface area contributed by atoms with E-state index in [2.05, 4.69) is 10.6 Å². The van der Waals surface area contributed by atoms with E-state index in [-0.39, 0.29) is 24.2 Å². The standard InChI is InChI=1S/C21H19FN2O3S/c1-2-23-20(25)13-27-17-9-7-16(8-10-17)24-21(26)19-12-11-18(28-19)14-3-5-15(22)6-4-14/h3-12H,2,13H2,1H3,(H,23,25)(H,24,26). The van der Waals surface area contributed by atoms with E-state index in [0.29, 0.717) is 22.9 Å². The third-order valence-electron chi connectivity index (χ3n) is 3.81. The predicted octanol–water partition coefficient (Wildman–Crippen LogP) is 4.32. The van der Waals surface area contributed by atoms with Gasteiger partial charge in [-0.1, -0.05) is 12.1 Å². The number of carbonyl (C=O) groups excluding carboxylic acids is 2. The summed E-state index contributed by atoms with van der Waals surface area (Å²) in [5, 5.41) is 5.47. The summed E-state index contributed by atoms with van der Waals surface area (Å²) in [7, 11) is 0. The number of carbonyl (C=O) groups is 2. The van der Waals surface area contributed by atoms with Gasteiger partial charge in [-0.3, -0.25) is 9.59 Å². The molecule has 5 nitrogen and oxygen atoms in total. The summed E-state index contributed by atoms with van der Waals surface area (Å²) in [5.74, 6) is -0.167. The number of likely N-dealkylation sites (N-methyl/N-ethyl adjacent to an activating group) is 1. The number of thiophene rings is 1. The van der Waals surface area contributed by atoms with Crippen molar-refractivity contribution in [2.75, 3.05) is 18.5 Å². The predicted molar refractivity (Wildman–Crippen MR) is 108 cm³/mol. The van der Waals surface area contributed by atoms with Crippen molar-refractivity contribution in [2.24, 2.45) is 0 Å². The molecule has 1 aromatic heterocycles. The van der Waals surface area contributed by atoms with Gasteiger partial charge in [-0.15, -0.1) is 11.3 Å². The van der Waals surface area contributed by atoms with Crippen LogP contribution in [0.2, 0.25) is 0 Å². The molecule has 28 heavy (non-hydrogen) atoms. The lowest BCUT2D eigenvalue weighted by Crippen LogP contribution is -2.28. The molecule has 7 heteroatoms. The number of ether oxygens (including phenoxy) is 1. The van der Waals surface area contributed by atoms with E-state index in [1.165, 1.54) is 23.5 Å². The summed E-state index contributed by atoms with van der Waals surface area (Å²) in [6, 6.07) is 16.5. The second kappa shape index (κ2) is 9.14. The van der Waals surface area contributed by atoms with Gasteiger partial charge in [0.05, 0.1) is 4.88 Å². The highest BCUT2D eigenvalue weighted by Crippen LogP contribution is 2.29. The van der Waals surface area contributed by atoms with Crippen LogP contribution in [0.3, 0.4) is 0 Å². The van der Waals surface area contributed by atoms with Gasteiger partial charge in [0.15, 0.2) is 6.61 Å². The summed E-state index contributed by atoms with van der Waals surface area (Å²) in [6.45, 7) is 2.34. The van der Waals surface area contributed by atoms with E-state index in [0.717, 1.165) is 10.4 Å². The number of halogens is 1. The van der Waals surface area contributed by atoms with Gasteiger partial charge in [0, 0.05) is 17.1 Å². The van der Waals surface area contributed by atoms with Crippen molar-refractivity contribution in [3.63, 3.8) is 0 Å². The summed E-state index contributed by atoms with van der Waals surface area (Å²) in [5.41, 5.74) is 1.48. The molecule has 0 aliphatic heterocycles. The molecule has 0 aliphatic carbocycles. The van der Waals surface area contributed by atoms with Gasteiger partial charge < -0.3 is 15.4 Å². The number of hydrogen-bond donors (Lipinski definition) is 2. The van der Waals surface area contributed by atoms with E-state index >= 15 is 0 Å². The highest BCUT2D eigenvalue weighted by atomic mass is 32.1. The van der Waals surface area contributed by atoms with E-state index in [1.807, 2.05) is 13.0 Å². The molecule has 0 saturated carbocycles. The van der Waals surface area contributed by atoms with Crippen LogP contribution < -0.4 is 15.4 Å². The van der Waals surface area contributed by atoms with Crippen molar-refractivity contribution >= 4 is 28.8 Å². The topological polar surface area (TPSA) is 67.4 Å². The number of anilines is 1. The molecule has 0 fully saturated rings. The first kappa shape index (κ1) is 19.6. The fourth-order valence-electron chi connectivity index (χ4n) is 2.45. The van der Waals surface area contributed by atoms with Crippen molar-refractivity contribution in [3.05, 3.63) is 71.4 Å². The Bertz CT molecular complexity index is 953. The van der Waals surface area contributed by atoms with Gasteiger partial charge in [0.2, 0.25) is 0 Å². The molecular weight excluding hydrogens is 379 g/mol. The van der Waals surface area contributed by atoms with E-state index < -0.39 is 0 Å². The van der Waals surface area contributed by atoms with E-state index in [1.54, 1.807) is 42.5 Å². The number of benzene rings is 2. The fraction of sp³-hybridized carbons (Fsp3) is 0.143. The summed E-state index contributed by atoms with van der Waals surface area (Å²) >= 11 is 1.33. The first-order chi connectivity index (χ1) is 13.5. The van der Waals surface area contributed by atoms with Crippen molar-refractivity contribution < 1.29 is 18.7 Å². The maximum atomic E-state index is 13.0. The molecule has 0 unspecified atom stereocenters. The maximum absolute atomic E-state index is 13.0. The van der Waals surface area contributed by atoms with Gasteiger partial charge in [-0.05, 0) is 61.0 Å². The van der Waals surface area contributed by atoms with Crippen LogP contribution in [-0.4, -0.2) is 25.0 Å². The molecule has 2 aromatic carbocycles. The zero-order chi connectivity index (χ0) is 19.9. The Labute approximate surface area is 166 Å². The van der Waals surface area contributed by atoms with Crippen LogP contribution in [0.4, 0.5) is 10.1 Å². The minimum absolute atomic E-state index is 0.0547. The third-order valence-corrected chi connectivity index (χ3v) is 4.95. The van der Waals surface area contributed by atoms with Gasteiger partial charge in [0.1, 0.15) is 11.6 Å². The van der Waals surface area contributed by atoms with Gasteiger partial charge >= 0.3 is 0 Å². The molecule has 2 amide bonds. The molecule has 0 aliphatic rings. The summed E-state index contributed by atoms with van der Waals surface area (Å²) in [4.78, 5) is 25.3. The quantitative estimate of drug-likeness (QED) is 0.623. The largest absolute Gasteiger partial charge is 0.484 e. The first-order valence-electron chi connectivity index (χ1n) is 8.72. The second-order valence-corrected chi connectivity index (χ2v) is 6.98. The maximum Gasteiger partial charge on any atom is 0.265 e. The fourth-order valence-corrected chi connectivity index (χ4v) is 3.36. The average molecular weight is 398 g/mol. The van der Waals surface area contributed by atoms with Crippen LogP contribution in [-0.2, 0) is 4.79 Å². The van der Waals surface area contributed by atoms with E-state index in [4.69, 9.17) is 4.74 Å². The van der Waals surface area contributed by atoms with Crippen LogP contribution in [0.5, 0.6) is 5.75 Å². The molecule has 0 radical (unpaired) electrons. The molecule has 2 N–H and O–H groups in total. The van der Waals surface area contributed by atoms with Crippen LogP contribution >= 0.6 is 11.3 Å². The number of hydrogen-bond acceptors (Lipinski definition) is 4. The highest BCUT2D eigenvalue weighted by Gasteiger charge is 2.11. The van der Waals surface area contributed by atoms with Crippen LogP contribution in [0.1, 0.15) is 16.6 Å². The molecule has 0 saturated heterocycles. The van der Waals surface area contributed by atoms with E-state index in [9.17, 15) is 14.0 Å². The number of nitrogens with one attached hydrogen (secondary N) is 2. The zero-order valence-corrected chi connectivity index (χ0v) is 16.0. The number of amides is 2. The van der Waals surface area contributed by atoms with Gasteiger partial charge in [-0.25, -0.2) is 4.39 Å². The first-order valence-corrected chi connectivity index (χ1v) is 9.53. The monoisotopic (exact) mass is 398 g/mol. The van der Waals surface area contributed by atoms with Crippen LogP contribution in [0.25, 0.3) is 10.4 Å². The smallest absolute Gasteiger partial charge is 0.265 e. The molecule has 144 valence electrons. The van der Waals surface area contributed by atoms with Crippen molar-refractivity contribution in [1.29, 1.82) is 0 Å². The molecule has 1 heterocycles. The van der Waals surface area contributed by atoms with Crippen molar-refractivity contribution in [3.8, 4) is 16.2 Å². The van der Waals surface area contributed by atoms with Gasteiger partial charge in [-0.2, -0.15) is 0 Å². The Morgan fingerprint density at radius 1 is 1.00 bits per heavy atom. The molecule has 3 aromatic rings. The Morgan fingerprint density at radius 3 is 2.39 bits per heavy atom. The lowest BCUT2D eigenvalue weighted by Gasteiger charge is -2.08. The SMILES string of the molecule is CCNC(=O)COc1ccc(NC(=O)c2ccc(-c3ccc(F)cc3)s2)cc1. The van der Waals surface area contributed by atoms with Gasteiger partial charge in [0.25, 0.3) is 11.8 Å². The summed E-state index contributed by atoms with van der Waals surface area (Å²) in [6.07, 6.45) is 0. The zero-order valence-electron chi connectivity index (χ0n) is 15.2. The Balaban J connectivity index is 1.59. The lowest BCUT2D eigenvalue weighted by molar-refractivity contribution is -0.122. The molecule has 0 spiro atoms. The van der Waals surface area contributed by atoms with Crippen molar-refractivity contribution in [2.45, 2.75) is 6.92 Å². The Morgan fingerprint density at radius 2 is 1.71 bits per heavy atom. The Hall–Kier alpha value is -3.19. The molecule has 3 rings (SSSR count). The molecular formula is C21H19FN2O3S. The summed E-state index contributed by atoms with van der Waals surface area (Å²) < 4.78 is 18.4. The van der Waals surface area contributed by atoms with Crippen LogP contribution in [0, 0.1) is 5.82 Å². The minimum Gasteiger partial charge on any atom is -0.484 e. The van der Waals surface area contributed by atoms with Crippen LogP contribution in [0.15, 0.2) is 60.7 Å². The molecule has 0 bridgehead atoms. The lowest BCUT2D eigenvalue weighted by atomic mass is 10.2. The number of rotatable bonds is 7. The molecule has 0 atom stereocenters. The third kappa shape index (κ3) is 5.17. The normalized spacial score (nSPS) is 10.4. The average Bonchev–Trinajstić information content (AvgIpc) is 3.19. The second-order valence-electron chi connectivity index (χ2n) is 5.89. The van der Waals surface area contributed by atoms with Crippen molar-refractivity contribution in [1.82, 2.24) is 5.32 Å². The Kier molecular flexibility index (Phi) is 6.39.